The van der Waals surface area contributed by atoms with E-state index >= 15 is 0 Å². The molecule has 0 saturated carbocycles. The van der Waals surface area contributed by atoms with Gasteiger partial charge in [0.25, 0.3) is 5.91 Å². The van der Waals surface area contributed by atoms with E-state index in [9.17, 15) is 14.9 Å². The smallest absolute Gasteiger partial charge is 0.321 e. The lowest BCUT2D eigenvalue weighted by atomic mass is 10.0. The summed E-state index contributed by atoms with van der Waals surface area (Å²) in [6, 6.07) is 2.67. The molecular formula is C10H14BrN3O3. The molecule has 0 spiro atoms. The van der Waals surface area contributed by atoms with E-state index in [4.69, 9.17) is 0 Å². The molecule has 0 radical (unpaired) electrons. The summed E-state index contributed by atoms with van der Waals surface area (Å²) < 4.78 is 0. The molecule has 0 aromatic carbocycles. The van der Waals surface area contributed by atoms with Crippen LogP contribution in [0.2, 0.25) is 0 Å². The number of nitro groups is 1. The highest BCUT2D eigenvalue weighted by Crippen LogP contribution is 2.13. The average molecular weight is 304 g/mol. The molecule has 1 heterocycles. The second kappa shape index (κ2) is 5.31. The SMILES string of the molecule is CC(C)(CCBr)NC(=O)c1ccc([N+](=O)[O-])[nH]1. The van der Waals surface area contributed by atoms with E-state index in [1.165, 1.54) is 12.1 Å². The Balaban J connectivity index is 2.73. The van der Waals surface area contributed by atoms with Crippen LogP contribution in [-0.2, 0) is 0 Å². The van der Waals surface area contributed by atoms with Crippen LogP contribution in [-0.4, -0.2) is 26.7 Å². The maximum Gasteiger partial charge on any atom is 0.321 e. The van der Waals surface area contributed by atoms with Crippen LogP contribution < -0.4 is 5.32 Å². The molecule has 94 valence electrons. The van der Waals surface area contributed by atoms with E-state index in [1.54, 1.807) is 0 Å². The van der Waals surface area contributed by atoms with Gasteiger partial charge in [0, 0.05) is 16.9 Å². The summed E-state index contributed by atoms with van der Waals surface area (Å²) in [6.45, 7) is 3.78. The van der Waals surface area contributed by atoms with Crippen LogP contribution in [0.1, 0.15) is 30.8 Å². The molecule has 0 aliphatic carbocycles. The van der Waals surface area contributed by atoms with Gasteiger partial charge in [0.1, 0.15) is 0 Å². The number of nitrogens with zero attached hydrogens (tertiary/aromatic N) is 1. The van der Waals surface area contributed by atoms with Gasteiger partial charge in [-0.05, 0) is 31.3 Å². The summed E-state index contributed by atoms with van der Waals surface area (Å²) in [6.07, 6.45) is 0.765. The van der Waals surface area contributed by atoms with Crippen molar-refractivity contribution in [2.75, 3.05) is 5.33 Å². The van der Waals surface area contributed by atoms with Crippen molar-refractivity contribution in [2.24, 2.45) is 0 Å². The zero-order chi connectivity index (χ0) is 13.1. The molecule has 0 atom stereocenters. The number of carbonyl (C=O) groups excluding carboxylic acids is 1. The van der Waals surface area contributed by atoms with Crippen molar-refractivity contribution in [3.63, 3.8) is 0 Å². The fraction of sp³-hybridized carbons (Fsp3) is 0.500. The van der Waals surface area contributed by atoms with Crippen LogP contribution in [0.4, 0.5) is 5.82 Å². The van der Waals surface area contributed by atoms with Crippen LogP contribution in [0, 0.1) is 10.1 Å². The van der Waals surface area contributed by atoms with Gasteiger partial charge in [-0.2, -0.15) is 0 Å². The van der Waals surface area contributed by atoms with Gasteiger partial charge in [-0.15, -0.1) is 0 Å². The first-order valence-electron chi connectivity index (χ1n) is 5.07. The number of aromatic amines is 1. The number of halogens is 1. The van der Waals surface area contributed by atoms with E-state index in [-0.39, 0.29) is 23.0 Å². The van der Waals surface area contributed by atoms with Crippen molar-refractivity contribution in [3.05, 3.63) is 27.9 Å². The molecule has 0 saturated heterocycles. The third-order valence-corrected chi connectivity index (χ3v) is 2.68. The molecule has 0 fully saturated rings. The van der Waals surface area contributed by atoms with E-state index in [0.29, 0.717) is 0 Å². The number of carbonyl (C=O) groups is 1. The van der Waals surface area contributed by atoms with E-state index in [0.717, 1.165) is 11.8 Å². The molecule has 1 aromatic rings. The minimum Gasteiger partial charge on any atom is -0.358 e. The van der Waals surface area contributed by atoms with Gasteiger partial charge in [-0.3, -0.25) is 4.79 Å². The number of H-pyrrole nitrogens is 1. The van der Waals surface area contributed by atoms with Gasteiger partial charge in [-0.1, -0.05) is 15.9 Å². The lowest BCUT2D eigenvalue weighted by Crippen LogP contribution is -2.43. The molecule has 7 heteroatoms. The van der Waals surface area contributed by atoms with E-state index < -0.39 is 4.92 Å². The molecule has 6 nitrogen and oxygen atoms in total. The number of aromatic nitrogens is 1. The Bertz CT molecular complexity index is 428. The Labute approximate surface area is 107 Å². The molecule has 0 bridgehead atoms. The number of hydrogen-bond acceptors (Lipinski definition) is 3. The van der Waals surface area contributed by atoms with Crippen LogP contribution in [0.25, 0.3) is 0 Å². The number of hydrogen-bond donors (Lipinski definition) is 2. The van der Waals surface area contributed by atoms with Crippen molar-refractivity contribution in [1.29, 1.82) is 0 Å². The molecule has 0 aliphatic rings. The Morgan fingerprint density at radius 1 is 1.59 bits per heavy atom. The number of nitrogens with one attached hydrogen (secondary N) is 2. The fourth-order valence-electron chi connectivity index (χ4n) is 1.30. The third kappa shape index (κ3) is 3.85. The van der Waals surface area contributed by atoms with Gasteiger partial charge in [0.2, 0.25) is 0 Å². The number of rotatable bonds is 5. The molecule has 1 rings (SSSR count). The van der Waals surface area contributed by atoms with Gasteiger partial charge in [0.05, 0.1) is 0 Å². The maximum atomic E-state index is 11.8. The first-order chi connectivity index (χ1) is 7.85. The minimum atomic E-state index is -0.569. The zero-order valence-corrected chi connectivity index (χ0v) is 11.2. The summed E-state index contributed by atoms with van der Waals surface area (Å²) in [5.74, 6) is -0.530. The number of amides is 1. The first-order valence-corrected chi connectivity index (χ1v) is 6.20. The second-order valence-corrected chi connectivity index (χ2v) is 5.08. The standard InChI is InChI=1S/C10H14BrN3O3/c1-10(2,5-6-11)13-9(15)7-3-4-8(12-7)14(16)17/h3-4,12H,5-6H2,1-2H3,(H,13,15). The first kappa shape index (κ1) is 13.7. The molecule has 1 amide bonds. The maximum absolute atomic E-state index is 11.8. The van der Waals surface area contributed by atoms with Crippen molar-refractivity contribution in [3.8, 4) is 0 Å². The van der Waals surface area contributed by atoms with E-state index in [1.807, 2.05) is 13.8 Å². The Kier molecular flexibility index (Phi) is 4.28. The Hall–Kier alpha value is -1.37. The second-order valence-electron chi connectivity index (χ2n) is 4.29. The van der Waals surface area contributed by atoms with Crippen LogP contribution in [0.3, 0.4) is 0 Å². The zero-order valence-electron chi connectivity index (χ0n) is 9.62. The largest absolute Gasteiger partial charge is 0.358 e. The summed E-state index contributed by atoms with van der Waals surface area (Å²) in [4.78, 5) is 24.1. The Morgan fingerprint density at radius 2 is 2.24 bits per heavy atom. The molecule has 17 heavy (non-hydrogen) atoms. The topological polar surface area (TPSA) is 88.0 Å². The predicted molar refractivity (Wildman–Crippen MR) is 67.4 cm³/mol. The quantitative estimate of drug-likeness (QED) is 0.496. The highest BCUT2D eigenvalue weighted by Gasteiger charge is 2.23. The summed E-state index contributed by atoms with van der Waals surface area (Å²) >= 11 is 3.31. The van der Waals surface area contributed by atoms with Crippen LogP contribution in [0.5, 0.6) is 0 Å². The third-order valence-electron chi connectivity index (χ3n) is 2.28. The van der Waals surface area contributed by atoms with Gasteiger partial charge in [-0.25, -0.2) is 4.98 Å². The van der Waals surface area contributed by atoms with Gasteiger partial charge < -0.3 is 15.4 Å². The fourth-order valence-corrected chi connectivity index (χ4v) is 2.29. The van der Waals surface area contributed by atoms with Crippen molar-refractivity contribution in [2.45, 2.75) is 25.8 Å². The molecule has 0 unspecified atom stereocenters. The molecule has 1 aromatic heterocycles. The molecular weight excluding hydrogens is 290 g/mol. The number of alkyl halides is 1. The normalized spacial score (nSPS) is 11.2. The highest BCUT2D eigenvalue weighted by atomic mass is 79.9. The monoisotopic (exact) mass is 303 g/mol. The lowest BCUT2D eigenvalue weighted by molar-refractivity contribution is -0.389. The van der Waals surface area contributed by atoms with Crippen molar-refractivity contribution in [1.82, 2.24) is 10.3 Å². The minimum absolute atomic E-state index is 0.187. The molecule has 0 aliphatic heterocycles. The van der Waals surface area contributed by atoms with Crippen molar-refractivity contribution >= 4 is 27.7 Å². The van der Waals surface area contributed by atoms with E-state index in [2.05, 4.69) is 26.2 Å². The van der Waals surface area contributed by atoms with Crippen molar-refractivity contribution < 1.29 is 9.72 Å². The van der Waals surface area contributed by atoms with Crippen LogP contribution in [0.15, 0.2) is 12.1 Å². The van der Waals surface area contributed by atoms with Gasteiger partial charge in [0.15, 0.2) is 5.69 Å². The summed E-state index contributed by atoms with van der Waals surface area (Å²) in [5.41, 5.74) is -0.167. The molecule has 2 N–H and O–H groups in total. The van der Waals surface area contributed by atoms with Crippen LogP contribution >= 0.6 is 15.9 Å². The lowest BCUT2D eigenvalue weighted by Gasteiger charge is -2.24. The van der Waals surface area contributed by atoms with Gasteiger partial charge >= 0.3 is 5.82 Å². The highest BCUT2D eigenvalue weighted by molar-refractivity contribution is 9.09. The average Bonchev–Trinajstić information content (AvgIpc) is 2.64. The predicted octanol–water partition coefficient (Wildman–Crippen LogP) is 2.22. The summed E-state index contributed by atoms with van der Waals surface area (Å²) in [5, 5.41) is 14.0. The summed E-state index contributed by atoms with van der Waals surface area (Å²) in [7, 11) is 0. The Morgan fingerprint density at radius 3 is 2.71 bits per heavy atom.